The predicted octanol–water partition coefficient (Wildman–Crippen LogP) is 4.42. The van der Waals surface area contributed by atoms with Crippen LogP contribution < -0.4 is 10.6 Å². The first-order valence-electron chi connectivity index (χ1n) is 11.0. The fraction of sp³-hybridized carbons (Fsp3) is 0.417. The standard InChI is InChI=1S/C24H27ClN4O3/c1-15-4-10-20(19(13-15)24(32)28-21-11-7-17(25)14-26-21)27-23(31)16-5-8-18(9-6-16)29-12-2-3-22(29)30/h4,7,10-11,13-14,16,18H,2-3,5-6,8-9,12H2,1H3,(H,27,31)(H,26,28,32)/t16-,18-. The maximum Gasteiger partial charge on any atom is 0.258 e. The third kappa shape index (κ3) is 5.10. The summed E-state index contributed by atoms with van der Waals surface area (Å²) in [6, 6.07) is 8.89. The molecule has 0 bridgehead atoms. The van der Waals surface area contributed by atoms with E-state index in [9.17, 15) is 14.4 Å². The fourth-order valence-electron chi connectivity index (χ4n) is 4.53. The number of carbonyl (C=O) groups is 3. The second-order valence-corrected chi connectivity index (χ2v) is 8.99. The van der Waals surface area contributed by atoms with Crippen LogP contribution in [0.2, 0.25) is 5.02 Å². The molecule has 3 amide bonds. The quantitative estimate of drug-likeness (QED) is 0.699. The number of rotatable bonds is 5. The summed E-state index contributed by atoms with van der Waals surface area (Å²) in [7, 11) is 0. The van der Waals surface area contributed by atoms with Crippen molar-refractivity contribution >= 4 is 40.8 Å². The zero-order valence-electron chi connectivity index (χ0n) is 18.1. The summed E-state index contributed by atoms with van der Waals surface area (Å²) in [5.41, 5.74) is 1.77. The lowest BCUT2D eigenvalue weighted by molar-refractivity contribution is -0.130. The maximum absolute atomic E-state index is 13.0. The van der Waals surface area contributed by atoms with E-state index in [1.807, 2.05) is 17.9 Å². The SMILES string of the molecule is Cc1ccc(NC(=O)[C@H]2CC[C@H](N3CCCC3=O)CC2)c(C(=O)Nc2ccc(Cl)cn2)c1. The molecular weight excluding hydrogens is 428 g/mol. The van der Waals surface area contributed by atoms with E-state index >= 15 is 0 Å². The number of halogens is 1. The number of likely N-dealkylation sites (tertiary alicyclic amines) is 1. The zero-order chi connectivity index (χ0) is 22.7. The minimum atomic E-state index is -0.352. The van der Waals surface area contributed by atoms with Crippen LogP contribution in [-0.4, -0.2) is 40.2 Å². The van der Waals surface area contributed by atoms with E-state index in [4.69, 9.17) is 11.6 Å². The smallest absolute Gasteiger partial charge is 0.258 e. The Morgan fingerprint density at radius 2 is 1.88 bits per heavy atom. The molecule has 1 saturated carbocycles. The van der Waals surface area contributed by atoms with Crippen molar-refractivity contribution in [2.75, 3.05) is 17.2 Å². The Morgan fingerprint density at radius 1 is 1.09 bits per heavy atom. The summed E-state index contributed by atoms with van der Waals surface area (Å²) in [5, 5.41) is 6.19. The molecule has 32 heavy (non-hydrogen) atoms. The summed E-state index contributed by atoms with van der Waals surface area (Å²) in [4.78, 5) is 43.9. The van der Waals surface area contributed by atoms with Gasteiger partial charge in [0.15, 0.2) is 0 Å². The highest BCUT2D eigenvalue weighted by Crippen LogP contribution is 2.31. The molecule has 1 aromatic heterocycles. The van der Waals surface area contributed by atoms with Gasteiger partial charge in [-0.3, -0.25) is 14.4 Å². The van der Waals surface area contributed by atoms with Crippen LogP contribution >= 0.6 is 11.6 Å². The van der Waals surface area contributed by atoms with Crippen LogP contribution in [-0.2, 0) is 9.59 Å². The molecule has 8 heteroatoms. The van der Waals surface area contributed by atoms with Crippen molar-refractivity contribution in [2.45, 2.75) is 51.5 Å². The van der Waals surface area contributed by atoms with Crippen LogP contribution in [0.5, 0.6) is 0 Å². The number of aryl methyl sites for hydroxylation is 1. The molecule has 168 valence electrons. The number of benzene rings is 1. The normalized spacial score (nSPS) is 20.8. The molecule has 1 aliphatic heterocycles. The van der Waals surface area contributed by atoms with Gasteiger partial charge in [-0.1, -0.05) is 23.2 Å². The molecule has 2 heterocycles. The van der Waals surface area contributed by atoms with Gasteiger partial charge in [0.25, 0.3) is 5.91 Å². The second kappa shape index (κ2) is 9.69. The highest BCUT2D eigenvalue weighted by atomic mass is 35.5. The molecule has 0 radical (unpaired) electrons. The lowest BCUT2D eigenvalue weighted by Gasteiger charge is -2.34. The number of aromatic nitrogens is 1. The molecule has 7 nitrogen and oxygen atoms in total. The third-order valence-electron chi connectivity index (χ3n) is 6.26. The first-order chi connectivity index (χ1) is 15.4. The van der Waals surface area contributed by atoms with E-state index in [0.717, 1.165) is 44.2 Å². The Kier molecular flexibility index (Phi) is 6.74. The summed E-state index contributed by atoms with van der Waals surface area (Å²) < 4.78 is 0. The number of hydrogen-bond acceptors (Lipinski definition) is 4. The van der Waals surface area contributed by atoms with Gasteiger partial charge < -0.3 is 15.5 Å². The van der Waals surface area contributed by atoms with Gasteiger partial charge in [-0.25, -0.2) is 4.98 Å². The molecule has 0 atom stereocenters. The topological polar surface area (TPSA) is 91.4 Å². The average molecular weight is 455 g/mol. The largest absolute Gasteiger partial charge is 0.340 e. The molecule has 0 unspecified atom stereocenters. The first kappa shape index (κ1) is 22.3. The van der Waals surface area contributed by atoms with Crippen molar-refractivity contribution in [3.63, 3.8) is 0 Å². The molecule has 4 rings (SSSR count). The maximum atomic E-state index is 13.0. The van der Waals surface area contributed by atoms with Crippen molar-refractivity contribution in [1.29, 1.82) is 0 Å². The third-order valence-corrected chi connectivity index (χ3v) is 6.49. The number of amides is 3. The lowest BCUT2D eigenvalue weighted by Crippen LogP contribution is -2.40. The highest BCUT2D eigenvalue weighted by Gasteiger charge is 2.33. The van der Waals surface area contributed by atoms with Crippen molar-refractivity contribution in [3.05, 3.63) is 52.7 Å². The molecule has 2 aromatic rings. The van der Waals surface area contributed by atoms with Gasteiger partial charge in [-0.05, 0) is 63.3 Å². The van der Waals surface area contributed by atoms with Gasteiger partial charge in [-0.2, -0.15) is 0 Å². The lowest BCUT2D eigenvalue weighted by atomic mass is 9.84. The first-order valence-corrected chi connectivity index (χ1v) is 11.4. The molecule has 2 N–H and O–H groups in total. The van der Waals surface area contributed by atoms with Gasteiger partial charge in [0.05, 0.1) is 16.3 Å². The molecule has 1 aliphatic carbocycles. The molecule has 2 aliphatic rings. The number of anilines is 2. The van der Waals surface area contributed by atoms with Crippen molar-refractivity contribution < 1.29 is 14.4 Å². The molecular formula is C24H27ClN4O3. The van der Waals surface area contributed by atoms with Crippen LogP contribution in [0.15, 0.2) is 36.5 Å². The molecule has 2 fully saturated rings. The Morgan fingerprint density at radius 3 is 2.53 bits per heavy atom. The summed E-state index contributed by atoms with van der Waals surface area (Å²) >= 11 is 5.85. The highest BCUT2D eigenvalue weighted by molar-refractivity contribution is 6.30. The Bertz CT molecular complexity index is 1020. The van der Waals surface area contributed by atoms with Gasteiger partial charge in [-0.15, -0.1) is 0 Å². The minimum Gasteiger partial charge on any atom is -0.340 e. The van der Waals surface area contributed by atoms with Crippen molar-refractivity contribution in [2.24, 2.45) is 5.92 Å². The van der Waals surface area contributed by atoms with Crippen LogP contribution in [0.3, 0.4) is 0 Å². The Labute approximate surface area is 192 Å². The van der Waals surface area contributed by atoms with Gasteiger partial charge in [0.2, 0.25) is 11.8 Å². The summed E-state index contributed by atoms with van der Waals surface area (Å²) in [6.07, 6.45) is 6.20. The van der Waals surface area contributed by atoms with Crippen molar-refractivity contribution in [1.82, 2.24) is 9.88 Å². The van der Waals surface area contributed by atoms with E-state index in [1.165, 1.54) is 6.20 Å². The minimum absolute atomic E-state index is 0.0845. The Hall–Kier alpha value is -2.93. The van der Waals surface area contributed by atoms with E-state index in [-0.39, 0.29) is 29.7 Å². The second-order valence-electron chi connectivity index (χ2n) is 8.55. The molecule has 0 spiro atoms. The zero-order valence-corrected chi connectivity index (χ0v) is 18.8. The average Bonchev–Trinajstić information content (AvgIpc) is 3.22. The van der Waals surface area contributed by atoms with Crippen LogP contribution in [0.1, 0.15) is 54.4 Å². The Balaban J connectivity index is 1.40. The van der Waals surface area contributed by atoms with E-state index in [0.29, 0.717) is 28.5 Å². The van der Waals surface area contributed by atoms with Gasteiger partial charge >= 0.3 is 0 Å². The summed E-state index contributed by atoms with van der Waals surface area (Å²) in [5.74, 6) is 0.0595. The molecule has 1 aromatic carbocycles. The monoisotopic (exact) mass is 454 g/mol. The van der Waals surface area contributed by atoms with Crippen LogP contribution in [0.25, 0.3) is 0 Å². The fourth-order valence-corrected chi connectivity index (χ4v) is 4.64. The van der Waals surface area contributed by atoms with Crippen molar-refractivity contribution in [3.8, 4) is 0 Å². The number of pyridine rings is 1. The number of carbonyl (C=O) groups excluding carboxylic acids is 3. The number of nitrogens with one attached hydrogen (secondary N) is 2. The van der Waals surface area contributed by atoms with Gasteiger partial charge in [0.1, 0.15) is 5.82 Å². The molecule has 1 saturated heterocycles. The van der Waals surface area contributed by atoms with Gasteiger partial charge in [0, 0.05) is 31.1 Å². The van der Waals surface area contributed by atoms with E-state index < -0.39 is 0 Å². The van der Waals surface area contributed by atoms with E-state index in [1.54, 1.807) is 24.3 Å². The predicted molar refractivity (Wildman–Crippen MR) is 124 cm³/mol. The van der Waals surface area contributed by atoms with Crippen LogP contribution in [0, 0.1) is 12.8 Å². The van der Waals surface area contributed by atoms with E-state index in [2.05, 4.69) is 15.6 Å². The summed E-state index contributed by atoms with van der Waals surface area (Å²) in [6.45, 7) is 2.73. The number of hydrogen-bond donors (Lipinski definition) is 2. The number of nitrogens with zero attached hydrogens (tertiary/aromatic N) is 2. The van der Waals surface area contributed by atoms with Crippen LogP contribution in [0.4, 0.5) is 11.5 Å².